The van der Waals surface area contributed by atoms with E-state index in [4.69, 9.17) is 23.2 Å². The molecule has 0 saturated heterocycles. The predicted molar refractivity (Wildman–Crippen MR) is 90.2 cm³/mol. The summed E-state index contributed by atoms with van der Waals surface area (Å²) < 4.78 is 0. The van der Waals surface area contributed by atoms with Crippen LogP contribution in [-0.2, 0) is 0 Å². The molecular formula is C18H16Cl2. The van der Waals surface area contributed by atoms with E-state index in [9.17, 15) is 0 Å². The smallest absolute Gasteiger partial charge is 0.0406 e. The highest BCUT2D eigenvalue weighted by molar-refractivity contribution is 6.31. The summed E-state index contributed by atoms with van der Waals surface area (Å²) in [5, 5.41) is 1.50. The Bertz CT molecular complexity index is 573. The number of halogens is 2. The van der Waals surface area contributed by atoms with Crippen molar-refractivity contribution in [1.82, 2.24) is 0 Å². The second-order valence-electron chi connectivity index (χ2n) is 4.42. The van der Waals surface area contributed by atoms with Gasteiger partial charge in [-0.15, -0.1) is 0 Å². The summed E-state index contributed by atoms with van der Waals surface area (Å²) in [6.45, 7) is 4.09. The molecule has 0 fully saturated rings. The van der Waals surface area contributed by atoms with Crippen LogP contribution in [0.2, 0.25) is 10.0 Å². The lowest BCUT2D eigenvalue weighted by atomic mass is 9.92. The molecule has 2 heteroatoms. The Kier molecular flexibility index (Phi) is 5.05. The van der Waals surface area contributed by atoms with Crippen LogP contribution in [0.15, 0.2) is 60.7 Å². The van der Waals surface area contributed by atoms with Gasteiger partial charge in [-0.25, -0.2) is 0 Å². The fourth-order valence-electron chi connectivity index (χ4n) is 2.21. The zero-order valence-corrected chi connectivity index (χ0v) is 13.0. The van der Waals surface area contributed by atoms with E-state index < -0.39 is 0 Å². The Hall–Kier alpha value is -1.50. The van der Waals surface area contributed by atoms with E-state index in [-0.39, 0.29) is 0 Å². The van der Waals surface area contributed by atoms with Gasteiger partial charge in [-0.1, -0.05) is 59.6 Å². The van der Waals surface area contributed by atoms with Gasteiger partial charge >= 0.3 is 0 Å². The second-order valence-corrected chi connectivity index (χ2v) is 5.29. The number of rotatable bonds is 3. The van der Waals surface area contributed by atoms with Crippen molar-refractivity contribution < 1.29 is 0 Å². The highest BCUT2D eigenvalue weighted by Crippen LogP contribution is 2.32. The molecule has 0 saturated carbocycles. The van der Waals surface area contributed by atoms with E-state index in [0.717, 1.165) is 21.2 Å². The molecule has 2 rings (SSSR count). The Morgan fingerprint density at radius 2 is 0.950 bits per heavy atom. The number of hydrogen-bond acceptors (Lipinski definition) is 0. The summed E-state index contributed by atoms with van der Waals surface area (Å²) in [6.07, 6.45) is 4.24. The fourth-order valence-corrected chi connectivity index (χ4v) is 2.47. The molecule has 0 aromatic heterocycles. The Balaban J connectivity index is 2.44. The molecule has 0 radical (unpaired) electrons. The van der Waals surface area contributed by atoms with Crippen molar-refractivity contribution in [3.05, 3.63) is 81.9 Å². The van der Waals surface area contributed by atoms with E-state index >= 15 is 0 Å². The van der Waals surface area contributed by atoms with Crippen molar-refractivity contribution in [2.45, 2.75) is 13.8 Å². The molecule has 102 valence electrons. The van der Waals surface area contributed by atoms with Crippen molar-refractivity contribution in [3.8, 4) is 0 Å². The predicted octanol–water partition coefficient (Wildman–Crippen LogP) is 6.50. The fraction of sp³-hybridized carbons (Fsp3) is 0.111. The third kappa shape index (κ3) is 3.33. The molecule has 0 aliphatic carbocycles. The van der Waals surface area contributed by atoms with Crippen molar-refractivity contribution in [3.63, 3.8) is 0 Å². The van der Waals surface area contributed by atoms with Crippen LogP contribution in [0.3, 0.4) is 0 Å². The quantitative estimate of drug-likeness (QED) is 0.568. The molecule has 0 spiro atoms. The number of hydrogen-bond donors (Lipinski definition) is 0. The lowest BCUT2D eigenvalue weighted by Gasteiger charge is -2.13. The van der Waals surface area contributed by atoms with Crippen LogP contribution in [0.5, 0.6) is 0 Å². The van der Waals surface area contributed by atoms with E-state index in [0.29, 0.717) is 0 Å². The minimum atomic E-state index is 0.748. The van der Waals surface area contributed by atoms with Gasteiger partial charge in [0.2, 0.25) is 0 Å². The molecule has 0 N–H and O–H groups in total. The van der Waals surface area contributed by atoms with Gasteiger partial charge in [0.15, 0.2) is 0 Å². The normalized spacial score (nSPS) is 12.6. The van der Waals surface area contributed by atoms with Crippen LogP contribution in [0, 0.1) is 0 Å². The third-order valence-electron chi connectivity index (χ3n) is 3.18. The highest BCUT2D eigenvalue weighted by Gasteiger charge is 2.09. The molecule has 0 nitrogen and oxygen atoms in total. The SMILES string of the molecule is C/C=C(\C(=C/C)c1ccc(Cl)cc1)c1ccc(Cl)cc1. The van der Waals surface area contributed by atoms with Crippen molar-refractivity contribution in [2.24, 2.45) is 0 Å². The van der Waals surface area contributed by atoms with Crippen LogP contribution < -0.4 is 0 Å². The van der Waals surface area contributed by atoms with Gasteiger partial charge in [-0.3, -0.25) is 0 Å². The molecule has 20 heavy (non-hydrogen) atoms. The van der Waals surface area contributed by atoms with Gasteiger partial charge in [0.05, 0.1) is 0 Å². The molecule has 0 aliphatic heterocycles. The van der Waals surface area contributed by atoms with Crippen LogP contribution in [0.1, 0.15) is 25.0 Å². The molecule has 0 heterocycles. The summed E-state index contributed by atoms with van der Waals surface area (Å²) in [5.41, 5.74) is 4.68. The maximum atomic E-state index is 5.96. The maximum Gasteiger partial charge on any atom is 0.0406 e. The minimum Gasteiger partial charge on any atom is -0.0843 e. The topological polar surface area (TPSA) is 0 Å². The monoisotopic (exact) mass is 302 g/mol. The van der Waals surface area contributed by atoms with Gasteiger partial charge < -0.3 is 0 Å². The lowest BCUT2D eigenvalue weighted by molar-refractivity contribution is 1.55. The van der Waals surface area contributed by atoms with Crippen LogP contribution in [0.4, 0.5) is 0 Å². The van der Waals surface area contributed by atoms with E-state index in [1.807, 2.05) is 62.4 Å². The van der Waals surface area contributed by atoms with Crippen molar-refractivity contribution in [1.29, 1.82) is 0 Å². The molecule has 2 aromatic carbocycles. The lowest BCUT2D eigenvalue weighted by Crippen LogP contribution is -1.90. The van der Waals surface area contributed by atoms with Gasteiger partial charge in [-0.2, -0.15) is 0 Å². The summed E-state index contributed by atoms with van der Waals surface area (Å²) in [5.74, 6) is 0. The van der Waals surface area contributed by atoms with Crippen molar-refractivity contribution >= 4 is 34.3 Å². The minimum absolute atomic E-state index is 0.748. The van der Waals surface area contributed by atoms with Crippen LogP contribution >= 0.6 is 23.2 Å². The van der Waals surface area contributed by atoms with E-state index in [2.05, 4.69) is 12.2 Å². The average Bonchev–Trinajstić information content (AvgIpc) is 2.47. The first-order valence-corrected chi connectivity index (χ1v) is 7.26. The van der Waals surface area contributed by atoms with Gasteiger partial charge in [0.25, 0.3) is 0 Å². The summed E-state index contributed by atoms with van der Waals surface area (Å²) in [6, 6.07) is 15.8. The van der Waals surface area contributed by atoms with Gasteiger partial charge in [0.1, 0.15) is 0 Å². The number of benzene rings is 2. The van der Waals surface area contributed by atoms with Gasteiger partial charge in [-0.05, 0) is 60.4 Å². The first-order chi connectivity index (χ1) is 9.65. The molecule has 0 amide bonds. The standard InChI is InChI=1S/C18H16Cl2/c1-3-17(13-5-9-15(19)10-6-13)18(4-2)14-7-11-16(20)12-8-14/h3-12H,1-2H3/b17-3-,18-4-. The molecule has 2 aromatic rings. The van der Waals surface area contributed by atoms with Crippen molar-refractivity contribution in [2.75, 3.05) is 0 Å². The van der Waals surface area contributed by atoms with Crippen LogP contribution in [-0.4, -0.2) is 0 Å². The van der Waals surface area contributed by atoms with Crippen LogP contribution in [0.25, 0.3) is 11.1 Å². The summed E-state index contributed by atoms with van der Waals surface area (Å²) in [4.78, 5) is 0. The first-order valence-electron chi connectivity index (χ1n) is 6.50. The Labute approximate surface area is 130 Å². The molecule has 0 aliphatic rings. The molecule has 0 unspecified atom stereocenters. The van der Waals surface area contributed by atoms with Gasteiger partial charge in [0, 0.05) is 10.0 Å². The zero-order chi connectivity index (χ0) is 14.5. The third-order valence-corrected chi connectivity index (χ3v) is 3.68. The Morgan fingerprint density at radius 3 is 1.20 bits per heavy atom. The number of allylic oxidation sites excluding steroid dienone is 4. The average molecular weight is 303 g/mol. The summed E-state index contributed by atoms with van der Waals surface area (Å²) >= 11 is 11.9. The van der Waals surface area contributed by atoms with E-state index in [1.54, 1.807) is 0 Å². The first kappa shape index (κ1) is 14.9. The molecule has 0 bridgehead atoms. The summed E-state index contributed by atoms with van der Waals surface area (Å²) in [7, 11) is 0. The Morgan fingerprint density at radius 1 is 0.650 bits per heavy atom. The molecular weight excluding hydrogens is 287 g/mol. The second kappa shape index (κ2) is 6.78. The zero-order valence-electron chi connectivity index (χ0n) is 11.5. The van der Waals surface area contributed by atoms with E-state index in [1.165, 1.54) is 11.1 Å². The largest absolute Gasteiger partial charge is 0.0843 e. The highest BCUT2D eigenvalue weighted by atomic mass is 35.5. The molecule has 0 atom stereocenters. The maximum absolute atomic E-state index is 5.96.